The number of halogens is 2. The number of aliphatic hydroxyl groups excluding tert-OH is 1. The van der Waals surface area contributed by atoms with Crippen molar-refractivity contribution in [1.82, 2.24) is 0 Å². The van der Waals surface area contributed by atoms with E-state index >= 15 is 0 Å². The molecule has 0 spiro atoms. The number of hydrogen-bond acceptors (Lipinski definition) is 2. The molecule has 2 rings (SSSR count). The fraction of sp³-hybridized carbons (Fsp3) is 0.625. The first kappa shape index (κ1) is 16.1. The van der Waals surface area contributed by atoms with E-state index in [1.54, 1.807) is 19.2 Å². The summed E-state index contributed by atoms with van der Waals surface area (Å²) < 4.78 is 5.74. The Bertz CT molecular complexity index is 440. The minimum absolute atomic E-state index is 0.442. The number of benzene rings is 1. The maximum Gasteiger partial charge on any atom is 0.0939 e. The van der Waals surface area contributed by atoms with Crippen LogP contribution in [0.2, 0.25) is 10.0 Å². The molecule has 0 aromatic heterocycles. The average molecular weight is 317 g/mol. The van der Waals surface area contributed by atoms with Crippen LogP contribution < -0.4 is 0 Å². The topological polar surface area (TPSA) is 29.5 Å². The Kier molecular flexibility index (Phi) is 5.74. The maximum absolute atomic E-state index is 10.7. The molecule has 1 aliphatic rings. The minimum atomic E-state index is -0.554. The van der Waals surface area contributed by atoms with E-state index < -0.39 is 11.7 Å². The molecule has 1 aromatic rings. The van der Waals surface area contributed by atoms with E-state index in [1.165, 1.54) is 12.8 Å². The second kappa shape index (κ2) is 7.13. The lowest BCUT2D eigenvalue weighted by atomic mass is 9.85. The highest BCUT2D eigenvalue weighted by Gasteiger charge is 2.38. The largest absolute Gasteiger partial charge is 0.390 e. The number of hydrogen-bond donors (Lipinski definition) is 1. The van der Waals surface area contributed by atoms with Gasteiger partial charge in [-0.3, -0.25) is 0 Å². The van der Waals surface area contributed by atoms with Crippen molar-refractivity contribution in [3.05, 3.63) is 33.8 Å². The zero-order chi connectivity index (χ0) is 14.6. The Hall–Kier alpha value is -0.280. The third kappa shape index (κ3) is 3.67. The van der Waals surface area contributed by atoms with E-state index in [-0.39, 0.29) is 0 Å². The Labute approximate surface area is 131 Å². The van der Waals surface area contributed by atoms with Gasteiger partial charge in [0.05, 0.1) is 11.7 Å². The third-order valence-electron chi connectivity index (χ3n) is 4.38. The summed E-state index contributed by atoms with van der Waals surface area (Å²) in [5.74, 6) is 0. The number of rotatable bonds is 4. The second-order valence-corrected chi connectivity index (χ2v) is 6.48. The van der Waals surface area contributed by atoms with Crippen molar-refractivity contribution in [2.24, 2.45) is 0 Å². The van der Waals surface area contributed by atoms with Gasteiger partial charge in [-0.15, -0.1) is 0 Å². The molecule has 1 aliphatic carbocycles. The van der Waals surface area contributed by atoms with Crippen LogP contribution in [0.4, 0.5) is 0 Å². The predicted octanol–water partition coefficient (Wildman–Crippen LogP) is 4.64. The van der Waals surface area contributed by atoms with Crippen LogP contribution in [0.25, 0.3) is 0 Å². The Balaban J connectivity index is 2.16. The Morgan fingerprint density at radius 1 is 1.20 bits per heavy atom. The minimum Gasteiger partial charge on any atom is -0.390 e. The highest BCUT2D eigenvalue weighted by molar-refractivity contribution is 6.33. The van der Waals surface area contributed by atoms with Gasteiger partial charge < -0.3 is 9.84 Å². The zero-order valence-corrected chi connectivity index (χ0v) is 13.4. The molecule has 1 atom stereocenters. The van der Waals surface area contributed by atoms with E-state index in [0.29, 0.717) is 16.5 Å². The molecule has 0 aliphatic heterocycles. The lowest BCUT2D eigenvalue weighted by Gasteiger charge is -2.36. The van der Waals surface area contributed by atoms with Gasteiger partial charge in [0, 0.05) is 23.6 Å². The van der Waals surface area contributed by atoms with E-state index in [4.69, 9.17) is 27.9 Å². The molecule has 2 nitrogen and oxygen atoms in total. The second-order valence-electron chi connectivity index (χ2n) is 5.64. The highest BCUT2D eigenvalue weighted by Crippen LogP contribution is 2.35. The molecular formula is C16H22Cl2O2. The summed E-state index contributed by atoms with van der Waals surface area (Å²) in [5, 5.41) is 12.0. The lowest BCUT2D eigenvalue weighted by molar-refractivity contribution is -0.111. The molecule has 0 radical (unpaired) electrons. The van der Waals surface area contributed by atoms with Crippen molar-refractivity contribution >= 4 is 23.2 Å². The quantitative estimate of drug-likeness (QED) is 0.820. The molecule has 112 valence electrons. The van der Waals surface area contributed by atoms with Crippen molar-refractivity contribution < 1.29 is 9.84 Å². The molecule has 20 heavy (non-hydrogen) atoms. The molecule has 1 unspecified atom stereocenters. The van der Waals surface area contributed by atoms with Crippen molar-refractivity contribution in [1.29, 1.82) is 0 Å². The number of aliphatic hydroxyl groups is 1. The predicted molar refractivity (Wildman–Crippen MR) is 83.6 cm³/mol. The molecule has 0 bridgehead atoms. The summed E-state index contributed by atoms with van der Waals surface area (Å²) in [6.45, 7) is 0. The maximum atomic E-state index is 10.7. The van der Waals surface area contributed by atoms with Crippen LogP contribution in [-0.2, 0) is 11.2 Å². The molecule has 1 fully saturated rings. The van der Waals surface area contributed by atoms with E-state index in [9.17, 15) is 5.11 Å². The van der Waals surface area contributed by atoms with Gasteiger partial charge in [-0.1, -0.05) is 48.9 Å². The molecular weight excluding hydrogens is 295 g/mol. The van der Waals surface area contributed by atoms with E-state index in [1.807, 2.05) is 6.07 Å². The van der Waals surface area contributed by atoms with Gasteiger partial charge >= 0.3 is 0 Å². The standard InChI is InChI=1S/C16H22Cl2O2/c1-20-16(8-4-2-3-5-9-16)15(19)11-12-10-13(17)6-7-14(12)18/h6-7,10,15,19H,2-5,8-9,11H2,1H3. The molecule has 1 saturated carbocycles. The van der Waals surface area contributed by atoms with Crippen molar-refractivity contribution in [3.8, 4) is 0 Å². The molecule has 0 heterocycles. The monoisotopic (exact) mass is 316 g/mol. The van der Waals surface area contributed by atoms with Crippen LogP contribution in [-0.4, -0.2) is 23.9 Å². The SMILES string of the molecule is COC1(C(O)Cc2cc(Cl)ccc2Cl)CCCCCC1. The normalized spacial score (nSPS) is 20.4. The average Bonchev–Trinajstić information content (AvgIpc) is 2.69. The van der Waals surface area contributed by atoms with Gasteiger partial charge in [-0.05, 0) is 36.6 Å². The van der Waals surface area contributed by atoms with Crippen molar-refractivity contribution in [3.63, 3.8) is 0 Å². The van der Waals surface area contributed by atoms with Crippen molar-refractivity contribution in [2.45, 2.75) is 56.7 Å². The summed E-state index contributed by atoms with van der Waals surface area (Å²) in [6, 6.07) is 5.36. The number of methoxy groups -OCH3 is 1. The van der Waals surface area contributed by atoms with E-state index in [0.717, 1.165) is 31.2 Å². The fourth-order valence-electron chi connectivity index (χ4n) is 3.09. The first-order chi connectivity index (χ1) is 9.57. The Morgan fingerprint density at radius 2 is 1.85 bits per heavy atom. The number of ether oxygens (including phenoxy) is 1. The molecule has 1 N–H and O–H groups in total. The third-order valence-corrected chi connectivity index (χ3v) is 4.99. The van der Waals surface area contributed by atoms with Gasteiger partial charge in [0.25, 0.3) is 0 Å². The van der Waals surface area contributed by atoms with Gasteiger partial charge in [-0.2, -0.15) is 0 Å². The first-order valence-corrected chi connectivity index (χ1v) is 8.00. The molecule has 0 amide bonds. The summed E-state index contributed by atoms with van der Waals surface area (Å²) in [6.07, 6.45) is 6.38. The highest BCUT2D eigenvalue weighted by atomic mass is 35.5. The lowest BCUT2D eigenvalue weighted by Crippen LogP contribution is -2.45. The molecule has 4 heteroatoms. The van der Waals surface area contributed by atoms with Gasteiger partial charge in [0.1, 0.15) is 0 Å². The van der Waals surface area contributed by atoms with Crippen LogP contribution in [0, 0.1) is 0 Å². The summed E-state index contributed by atoms with van der Waals surface area (Å²) >= 11 is 12.2. The van der Waals surface area contributed by atoms with Crippen LogP contribution in [0.3, 0.4) is 0 Å². The van der Waals surface area contributed by atoms with Gasteiger partial charge in [-0.25, -0.2) is 0 Å². The first-order valence-electron chi connectivity index (χ1n) is 7.24. The summed E-state index contributed by atoms with van der Waals surface area (Å²) in [4.78, 5) is 0. The van der Waals surface area contributed by atoms with Crippen LogP contribution in [0.1, 0.15) is 44.1 Å². The molecule has 0 saturated heterocycles. The van der Waals surface area contributed by atoms with Crippen LogP contribution in [0.15, 0.2) is 18.2 Å². The zero-order valence-electron chi connectivity index (χ0n) is 11.9. The van der Waals surface area contributed by atoms with E-state index in [2.05, 4.69) is 0 Å². The van der Waals surface area contributed by atoms with Gasteiger partial charge in [0.15, 0.2) is 0 Å². The summed E-state index contributed by atoms with van der Waals surface area (Å²) in [5.41, 5.74) is 0.439. The Morgan fingerprint density at radius 3 is 2.45 bits per heavy atom. The fourth-order valence-corrected chi connectivity index (χ4v) is 3.48. The van der Waals surface area contributed by atoms with Crippen LogP contribution in [0.5, 0.6) is 0 Å². The smallest absolute Gasteiger partial charge is 0.0939 e. The summed E-state index contributed by atoms with van der Waals surface area (Å²) in [7, 11) is 1.70. The van der Waals surface area contributed by atoms with Crippen LogP contribution >= 0.6 is 23.2 Å². The van der Waals surface area contributed by atoms with Gasteiger partial charge in [0.2, 0.25) is 0 Å². The molecule has 1 aromatic carbocycles. The van der Waals surface area contributed by atoms with Crippen molar-refractivity contribution in [2.75, 3.05) is 7.11 Å².